The summed E-state index contributed by atoms with van der Waals surface area (Å²) in [5.74, 6) is 0.240. The zero-order valence-electron chi connectivity index (χ0n) is 12.8. The van der Waals surface area contributed by atoms with Crippen LogP contribution in [0.4, 0.5) is 0 Å². The van der Waals surface area contributed by atoms with E-state index in [1.807, 2.05) is 12.1 Å². The van der Waals surface area contributed by atoms with E-state index in [1.165, 1.54) is 0 Å². The van der Waals surface area contributed by atoms with Gasteiger partial charge >= 0.3 is 0 Å². The van der Waals surface area contributed by atoms with Crippen molar-refractivity contribution in [1.82, 2.24) is 20.1 Å². The molecule has 2 aromatic rings. The standard InChI is InChI=1S/C16H22N4O2/c1-2-3-13(8-9-21)10-17-16(22)14-4-6-15(7-5-14)20-11-18-19-12-20/h4-7,11-13,21H,2-3,8-10H2,1H3,(H,17,22). The summed E-state index contributed by atoms with van der Waals surface area (Å²) in [6.45, 7) is 2.87. The number of hydrogen-bond acceptors (Lipinski definition) is 4. The van der Waals surface area contributed by atoms with E-state index in [0.717, 1.165) is 24.9 Å². The van der Waals surface area contributed by atoms with Crippen LogP contribution in [-0.4, -0.2) is 38.9 Å². The summed E-state index contributed by atoms with van der Waals surface area (Å²) in [6.07, 6.45) is 6.00. The van der Waals surface area contributed by atoms with E-state index < -0.39 is 0 Å². The Morgan fingerprint density at radius 3 is 2.50 bits per heavy atom. The Morgan fingerprint density at radius 1 is 1.23 bits per heavy atom. The molecular formula is C16H22N4O2. The van der Waals surface area contributed by atoms with Gasteiger partial charge in [0.1, 0.15) is 12.7 Å². The number of aliphatic hydroxyl groups is 1. The highest BCUT2D eigenvalue weighted by atomic mass is 16.3. The van der Waals surface area contributed by atoms with Crippen LogP contribution in [0.5, 0.6) is 0 Å². The molecule has 0 bridgehead atoms. The van der Waals surface area contributed by atoms with Crippen molar-refractivity contribution in [1.29, 1.82) is 0 Å². The lowest BCUT2D eigenvalue weighted by atomic mass is 10.00. The molecule has 1 atom stereocenters. The number of carbonyl (C=O) groups is 1. The second-order valence-corrected chi connectivity index (χ2v) is 5.29. The molecule has 0 radical (unpaired) electrons. The fourth-order valence-electron chi connectivity index (χ4n) is 2.40. The summed E-state index contributed by atoms with van der Waals surface area (Å²) in [5, 5.41) is 19.5. The van der Waals surface area contributed by atoms with Crippen LogP contribution in [0.25, 0.3) is 5.69 Å². The smallest absolute Gasteiger partial charge is 0.251 e. The summed E-state index contributed by atoms with van der Waals surface area (Å²) in [6, 6.07) is 7.28. The van der Waals surface area contributed by atoms with Crippen molar-refractivity contribution in [2.45, 2.75) is 26.2 Å². The molecule has 2 N–H and O–H groups in total. The molecule has 1 aromatic carbocycles. The van der Waals surface area contributed by atoms with Crippen LogP contribution in [0, 0.1) is 5.92 Å². The Labute approximate surface area is 130 Å². The normalized spacial score (nSPS) is 12.1. The summed E-state index contributed by atoms with van der Waals surface area (Å²) >= 11 is 0. The third kappa shape index (κ3) is 4.39. The predicted octanol–water partition coefficient (Wildman–Crippen LogP) is 1.80. The lowest BCUT2D eigenvalue weighted by Crippen LogP contribution is -2.29. The lowest BCUT2D eigenvalue weighted by Gasteiger charge is -2.15. The summed E-state index contributed by atoms with van der Waals surface area (Å²) < 4.78 is 1.78. The van der Waals surface area contributed by atoms with Gasteiger partial charge in [-0.05, 0) is 43.0 Å². The highest BCUT2D eigenvalue weighted by molar-refractivity contribution is 5.94. The number of rotatable bonds is 8. The first kappa shape index (κ1) is 16.2. The molecular weight excluding hydrogens is 280 g/mol. The molecule has 2 rings (SSSR count). The van der Waals surface area contributed by atoms with Gasteiger partial charge in [-0.1, -0.05) is 13.3 Å². The molecule has 0 saturated heterocycles. The van der Waals surface area contributed by atoms with Crippen LogP contribution >= 0.6 is 0 Å². The van der Waals surface area contributed by atoms with Crippen LogP contribution in [0.15, 0.2) is 36.9 Å². The Morgan fingerprint density at radius 2 is 1.91 bits per heavy atom. The van der Waals surface area contributed by atoms with Gasteiger partial charge in [-0.2, -0.15) is 0 Å². The van der Waals surface area contributed by atoms with E-state index in [2.05, 4.69) is 22.4 Å². The van der Waals surface area contributed by atoms with E-state index in [-0.39, 0.29) is 12.5 Å². The zero-order valence-corrected chi connectivity index (χ0v) is 12.8. The van der Waals surface area contributed by atoms with Gasteiger partial charge in [0.2, 0.25) is 0 Å². The van der Waals surface area contributed by atoms with Crippen molar-refractivity contribution < 1.29 is 9.90 Å². The Kier molecular flexibility index (Phi) is 6.09. The second kappa shape index (κ2) is 8.29. The maximum absolute atomic E-state index is 12.2. The molecule has 22 heavy (non-hydrogen) atoms. The van der Waals surface area contributed by atoms with Crippen molar-refractivity contribution in [2.24, 2.45) is 5.92 Å². The summed E-state index contributed by atoms with van der Waals surface area (Å²) in [5.41, 5.74) is 1.53. The average Bonchev–Trinajstić information content (AvgIpc) is 3.07. The maximum Gasteiger partial charge on any atom is 0.251 e. The molecule has 0 saturated carbocycles. The van der Waals surface area contributed by atoms with Crippen LogP contribution < -0.4 is 5.32 Å². The van der Waals surface area contributed by atoms with E-state index in [0.29, 0.717) is 18.0 Å². The average molecular weight is 302 g/mol. The van der Waals surface area contributed by atoms with Gasteiger partial charge in [-0.15, -0.1) is 10.2 Å². The monoisotopic (exact) mass is 302 g/mol. The first-order valence-electron chi connectivity index (χ1n) is 7.58. The molecule has 6 heteroatoms. The molecule has 0 aliphatic rings. The number of hydrogen-bond donors (Lipinski definition) is 2. The summed E-state index contributed by atoms with van der Waals surface area (Å²) in [4.78, 5) is 12.2. The molecule has 0 aliphatic carbocycles. The highest BCUT2D eigenvalue weighted by Crippen LogP contribution is 2.11. The van der Waals surface area contributed by atoms with Gasteiger partial charge in [0, 0.05) is 24.4 Å². The van der Waals surface area contributed by atoms with E-state index in [9.17, 15) is 4.79 Å². The van der Waals surface area contributed by atoms with Crippen LogP contribution in [0.1, 0.15) is 36.5 Å². The maximum atomic E-state index is 12.2. The second-order valence-electron chi connectivity index (χ2n) is 5.29. The third-order valence-electron chi connectivity index (χ3n) is 3.63. The quantitative estimate of drug-likeness (QED) is 0.779. The molecule has 1 amide bonds. The molecule has 0 fully saturated rings. The van der Waals surface area contributed by atoms with Crippen molar-refractivity contribution >= 4 is 5.91 Å². The zero-order chi connectivity index (χ0) is 15.8. The third-order valence-corrected chi connectivity index (χ3v) is 3.63. The molecule has 118 valence electrons. The fraction of sp³-hybridized carbons (Fsp3) is 0.438. The van der Waals surface area contributed by atoms with Gasteiger partial charge in [0.05, 0.1) is 0 Å². The topological polar surface area (TPSA) is 80.0 Å². The van der Waals surface area contributed by atoms with E-state index in [4.69, 9.17) is 5.11 Å². The molecule has 6 nitrogen and oxygen atoms in total. The van der Waals surface area contributed by atoms with Gasteiger partial charge in [0.25, 0.3) is 5.91 Å². The minimum Gasteiger partial charge on any atom is -0.396 e. The number of aliphatic hydroxyl groups excluding tert-OH is 1. The SMILES string of the molecule is CCCC(CCO)CNC(=O)c1ccc(-n2cnnc2)cc1. The number of nitrogens with one attached hydrogen (secondary N) is 1. The Balaban J connectivity index is 1.92. The van der Waals surface area contributed by atoms with E-state index in [1.54, 1.807) is 29.4 Å². The fourth-order valence-corrected chi connectivity index (χ4v) is 2.40. The number of nitrogens with zero attached hydrogens (tertiary/aromatic N) is 3. The van der Waals surface area contributed by atoms with E-state index >= 15 is 0 Å². The minimum absolute atomic E-state index is 0.0886. The molecule has 0 spiro atoms. The Bertz CT molecular complexity index is 560. The molecule has 1 heterocycles. The number of amides is 1. The van der Waals surface area contributed by atoms with Gasteiger partial charge in [-0.3, -0.25) is 9.36 Å². The van der Waals surface area contributed by atoms with Crippen LogP contribution in [0.3, 0.4) is 0 Å². The van der Waals surface area contributed by atoms with Crippen molar-refractivity contribution in [3.8, 4) is 5.69 Å². The van der Waals surface area contributed by atoms with Gasteiger partial charge in [0.15, 0.2) is 0 Å². The minimum atomic E-state index is -0.0886. The predicted molar refractivity (Wildman–Crippen MR) is 83.8 cm³/mol. The summed E-state index contributed by atoms with van der Waals surface area (Å²) in [7, 11) is 0. The van der Waals surface area contributed by atoms with Crippen molar-refractivity contribution in [2.75, 3.05) is 13.2 Å². The lowest BCUT2D eigenvalue weighted by molar-refractivity contribution is 0.0943. The Hall–Kier alpha value is -2.21. The van der Waals surface area contributed by atoms with Gasteiger partial charge < -0.3 is 10.4 Å². The molecule has 1 aromatic heterocycles. The highest BCUT2D eigenvalue weighted by Gasteiger charge is 2.11. The molecule has 1 unspecified atom stereocenters. The first-order chi connectivity index (χ1) is 10.7. The van der Waals surface area contributed by atoms with Gasteiger partial charge in [-0.25, -0.2) is 0 Å². The van der Waals surface area contributed by atoms with Crippen LogP contribution in [0.2, 0.25) is 0 Å². The van der Waals surface area contributed by atoms with Crippen molar-refractivity contribution in [3.05, 3.63) is 42.5 Å². The number of benzene rings is 1. The number of carbonyl (C=O) groups excluding carboxylic acids is 1. The first-order valence-corrected chi connectivity index (χ1v) is 7.58. The van der Waals surface area contributed by atoms with Crippen LogP contribution in [-0.2, 0) is 0 Å². The number of aromatic nitrogens is 3. The van der Waals surface area contributed by atoms with Crippen molar-refractivity contribution in [3.63, 3.8) is 0 Å². The molecule has 0 aliphatic heterocycles. The largest absolute Gasteiger partial charge is 0.396 e.